The molecule has 2 aromatic carbocycles. The largest absolute Gasteiger partial charge is 0.490 e. The number of halogens is 2. The van der Waals surface area contributed by atoms with Crippen LogP contribution in [0.4, 0.5) is 10.1 Å². The molecule has 136 valence electrons. The average molecular weight is 393 g/mol. The summed E-state index contributed by atoms with van der Waals surface area (Å²) in [5.41, 5.74) is 0.953. The van der Waals surface area contributed by atoms with E-state index < -0.39 is 11.5 Å². The zero-order chi connectivity index (χ0) is 18.5. The highest BCUT2D eigenvalue weighted by Gasteiger charge is 2.49. The van der Waals surface area contributed by atoms with E-state index >= 15 is 0 Å². The van der Waals surface area contributed by atoms with Crippen molar-refractivity contribution in [1.82, 2.24) is 5.32 Å². The highest BCUT2D eigenvalue weighted by atomic mass is 35.5. The van der Waals surface area contributed by atoms with E-state index in [1.54, 1.807) is 12.1 Å². The van der Waals surface area contributed by atoms with Gasteiger partial charge in [-0.1, -0.05) is 23.7 Å². The van der Waals surface area contributed by atoms with Gasteiger partial charge in [0, 0.05) is 17.7 Å². The Morgan fingerprint density at radius 3 is 2.96 bits per heavy atom. The summed E-state index contributed by atoms with van der Waals surface area (Å²) in [6, 6.07) is 10.4. The first-order valence-corrected chi connectivity index (χ1v) is 9.22. The second kappa shape index (κ2) is 6.28. The van der Waals surface area contributed by atoms with Gasteiger partial charge in [0.2, 0.25) is 0 Å². The van der Waals surface area contributed by atoms with Crippen molar-refractivity contribution in [3.05, 3.63) is 52.8 Å². The summed E-state index contributed by atoms with van der Waals surface area (Å²) in [4.78, 5) is 1.84. The fourth-order valence-electron chi connectivity index (χ4n) is 3.64. The Hall–Kier alpha value is -2.05. The molecule has 2 aliphatic rings. The molecular weight excluding hydrogens is 375 g/mol. The topological polar surface area (TPSA) is 33.7 Å². The van der Waals surface area contributed by atoms with Crippen LogP contribution in [0.2, 0.25) is 5.02 Å². The summed E-state index contributed by atoms with van der Waals surface area (Å²) >= 11 is 11.6. The molecule has 4 rings (SSSR count). The molecule has 0 aliphatic carbocycles. The van der Waals surface area contributed by atoms with Crippen molar-refractivity contribution in [2.24, 2.45) is 0 Å². The van der Waals surface area contributed by atoms with Gasteiger partial charge < -0.3 is 14.8 Å². The third-order valence-corrected chi connectivity index (χ3v) is 5.31. The second-order valence-corrected chi connectivity index (χ2v) is 7.32. The van der Waals surface area contributed by atoms with Crippen LogP contribution in [-0.2, 0) is 0 Å². The van der Waals surface area contributed by atoms with Gasteiger partial charge in [0.25, 0.3) is 0 Å². The number of nitrogens with one attached hydrogen (secondary N) is 1. The summed E-state index contributed by atoms with van der Waals surface area (Å²) in [5.74, 6) is 0.941. The van der Waals surface area contributed by atoms with Crippen LogP contribution in [0.3, 0.4) is 0 Å². The maximum Gasteiger partial charge on any atom is 0.188 e. The van der Waals surface area contributed by atoms with Crippen LogP contribution >= 0.6 is 23.8 Å². The molecular formula is C19H18ClFN2O2S. The summed E-state index contributed by atoms with van der Waals surface area (Å²) < 4.78 is 25.8. The first kappa shape index (κ1) is 17.4. The van der Waals surface area contributed by atoms with Gasteiger partial charge in [-0.15, -0.1) is 0 Å². The van der Waals surface area contributed by atoms with Gasteiger partial charge >= 0.3 is 0 Å². The molecule has 0 saturated carbocycles. The van der Waals surface area contributed by atoms with Crippen LogP contribution in [0.25, 0.3) is 0 Å². The quantitative estimate of drug-likeness (QED) is 0.758. The van der Waals surface area contributed by atoms with Crippen molar-refractivity contribution in [3.63, 3.8) is 0 Å². The van der Waals surface area contributed by atoms with E-state index in [1.165, 1.54) is 6.07 Å². The van der Waals surface area contributed by atoms with Gasteiger partial charge in [0.15, 0.2) is 22.3 Å². The number of hydrogen-bond donors (Lipinski definition) is 1. The minimum atomic E-state index is -0.742. The van der Waals surface area contributed by atoms with Crippen molar-refractivity contribution < 1.29 is 13.9 Å². The maximum atomic E-state index is 13.6. The van der Waals surface area contributed by atoms with Crippen molar-refractivity contribution in [2.45, 2.75) is 32.0 Å². The molecule has 1 fully saturated rings. The molecule has 0 unspecified atom stereocenters. The van der Waals surface area contributed by atoms with E-state index in [-0.39, 0.29) is 11.1 Å². The molecule has 0 amide bonds. The van der Waals surface area contributed by atoms with Crippen LogP contribution < -0.4 is 19.7 Å². The Kier molecular flexibility index (Phi) is 4.20. The molecule has 2 aliphatic heterocycles. The van der Waals surface area contributed by atoms with Gasteiger partial charge in [-0.25, -0.2) is 4.39 Å². The highest BCUT2D eigenvalue weighted by molar-refractivity contribution is 7.80. The third-order valence-electron chi connectivity index (χ3n) is 4.72. The summed E-state index contributed by atoms with van der Waals surface area (Å²) in [6.07, 6.45) is 0.671. The fraction of sp³-hybridized carbons (Fsp3) is 0.316. The maximum absolute atomic E-state index is 13.6. The smallest absolute Gasteiger partial charge is 0.188 e. The number of hydrogen-bond acceptors (Lipinski definition) is 3. The lowest BCUT2D eigenvalue weighted by atomic mass is 9.90. The Bertz CT molecular complexity index is 894. The van der Waals surface area contributed by atoms with Crippen molar-refractivity contribution >= 4 is 34.6 Å². The fourth-order valence-corrected chi connectivity index (χ4v) is 4.26. The number of para-hydroxylation sites is 1. The first-order valence-electron chi connectivity index (χ1n) is 8.43. The zero-order valence-electron chi connectivity index (χ0n) is 14.4. The Morgan fingerprint density at radius 1 is 1.42 bits per heavy atom. The number of ether oxygens (including phenoxy) is 2. The minimum absolute atomic E-state index is 0.0174. The number of benzene rings is 2. The number of nitrogens with zero attached hydrogens (tertiary/aromatic N) is 1. The molecule has 1 N–H and O–H groups in total. The van der Waals surface area contributed by atoms with Gasteiger partial charge in [-0.05, 0) is 50.3 Å². The molecule has 4 nitrogen and oxygen atoms in total. The van der Waals surface area contributed by atoms with E-state index in [0.29, 0.717) is 35.3 Å². The van der Waals surface area contributed by atoms with E-state index in [2.05, 4.69) is 5.32 Å². The Labute approximate surface area is 161 Å². The Balaban J connectivity index is 1.80. The standard InChI is InChI=1S/C19H18ClFN2O2S/c1-3-24-16-6-4-5-12-15-10-19(2,25-17(12)16)23(18(26)22-15)11-7-8-14(21)13(20)9-11/h4-9,15H,3,10H2,1-2H3,(H,22,26)/t15-,19+/m1/s1. The molecule has 0 radical (unpaired) electrons. The van der Waals surface area contributed by atoms with Crippen LogP contribution in [0.5, 0.6) is 11.5 Å². The van der Waals surface area contributed by atoms with Crippen LogP contribution in [0.15, 0.2) is 36.4 Å². The first-order chi connectivity index (χ1) is 12.4. The van der Waals surface area contributed by atoms with Crippen molar-refractivity contribution in [1.29, 1.82) is 0 Å². The number of rotatable bonds is 3. The zero-order valence-corrected chi connectivity index (χ0v) is 16.0. The normalized spacial score (nSPS) is 23.8. The van der Waals surface area contributed by atoms with Crippen molar-refractivity contribution in [2.75, 3.05) is 11.5 Å². The lowest BCUT2D eigenvalue weighted by Crippen LogP contribution is -2.65. The van der Waals surface area contributed by atoms with Crippen LogP contribution in [-0.4, -0.2) is 17.4 Å². The van der Waals surface area contributed by atoms with Gasteiger partial charge in [0.1, 0.15) is 5.82 Å². The summed E-state index contributed by atoms with van der Waals surface area (Å²) in [5, 5.41) is 3.92. The van der Waals surface area contributed by atoms with E-state index in [1.807, 2.05) is 36.9 Å². The summed E-state index contributed by atoms with van der Waals surface area (Å²) in [6.45, 7) is 4.45. The molecule has 2 bridgehead atoms. The number of thiocarbonyl (C=S) groups is 1. The predicted molar refractivity (Wildman–Crippen MR) is 104 cm³/mol. The molecule has 1 saturated heterocycles. The molecule has 2 heterocycles. The Morgan fingerprint density at radius 2 is 2.23 bits per heavy atom. The van der Waals surface area contributed by atoms with Crippen LogP contribution in [0, 0.1) is 5.82 Å². The van der Waals surface area contributed by atoms with E-state index in [9.17, 15) is 4.39 Å². The monoisotopic (exact) mass is 392 g/mol. The molecule has 0 spiro atoms. The molecule has 26 heavy (non-hydrogen) atoms. The highest BCUT2D eigenvalue weighted by Crippen LogP contribution is 2.49. The lowest BCUT2D eigenvalue weighted by Gasteiger charge is -2.52. The summed E-state index contributed by atoms with van der Waals surface area (Å²) in [7, 11) is 0. The number of anilines is 1. The average Bonchev–Trinajstić information content (AvgIpc) is 2.58. The van der Waals surface area contributed by atoms with Crippen molar-refractivity contribution in [3.8, 4) is 11.5 Å². The van der Waals surface area contributed by atoms with Gasteiger partial charge in [-0.2, -0.15) is 0 Å². The molecule has 7 heteroatoms. The molecule has 2 atom stereocenters. The van der Waals surface area contributed by atoms with E-state index in [0.717, 1.165) is 5.56 Å². The minimum Gasteiger partial charge on any atom is -0.490 e. The number of fused-ring (bicyclic) bond motifs is 4. The van der Waals surface area contributed by atoms with Gasteiger partial charge in [0.05, 0.1) is 17.7 Å². The SMILES string of the molecule is CCOc1cccc2c1O[C@@]1(C)C[C@H]2NC(=S)N1c1ccc(F)c(Cl)c1. The molecule has 2 aromatic rings. The lowest BCUT2D eigenvalue weighted by molar-refractivity contribution is 0.0457. The van der Waals surface area contributed by atoms with Gasteiger partial charge in [-0.3, -0.25) is 4.90 Å². The molecule has 0 aromatic heterocycles. The predicted octanol–water partition coefficient (Wildman–Crippen LogP) is 4.81. The van der Waals surface area contributed by atoms with E-state index in [4.69, 9.17) is 33.3 Å². The third kappa shape index (κ3) is 2.68. The second-order valence-electron chi connectivity index (χ2n) is 6.52. The van der Waals surface area contributed by atoms with Crippen LogP contribution in [0.1, 0.15) is 31.9 Å².